The summed E-state index contributed by atoms with van der Waals surface area (Å²) >= 11 is 12.6. The summed E-state index contributed by atoms with van der Waals surface area (Å²) in [6.07, 6.45) is 5.21. The fourth-order valence-corrected chi connectivity index (χ4v) is 6.28. The average Bonchev–Trinajstić information content (AvgIpc) is 2.91. The number of likely N-dealkylation sites (tertiary alicyclic amines) is 2. The molecule has 3 fully saturated rings. The van der Waals surface area contributed by atoms with Crippen molar-refractivity contribution >= 4 is 35.1 Å². The molecule has 13 heteroatoms. The van der Waals surface area contributed by atoms with E-state index in [1.165, 1.54) is 0 Å². The number of halogens is 4. The van der Waals surface area contributed by atoms with E-state index < -0.39 is 5.92 Å². The van der Waals surface area contributed by atoms with Gasteiger partial charge in [0, 0.05) is 60.8 Å². The Balaban J connectivity index is 1.13. The van der Waals surface area contributed by atoms with Crippen molar-refractivity contribution in [1.29, 1.82) is 0 Å². The van der Waals surface area contributed by atoms with Crippen molar-refractivity contribution < 1.29 is 18.3 Å². The van der Waals surface area contributed by atoms with Crippen molar-refractivity contribution in [3.63, 3.8) is 0 Å². The molecule has 5 heterocycles. The molecule has 2 aromatic heterocycles. The van der Waals surface area contributed by atoms with Gasteiger partial charge in [0.05, 0.1) is 31.2 Å². The fraction of sp³-hybridized carbons (Fsp3) is 0.467. The molecule has 3 aliphatic rings. The smallest absolute Gasteiger partial charge is 0.272 e. The summed E-state index contributed by atoms with van der Waals surface area (Å²) < 4.78 is 32.5. The van der Waals surface area contributed by atoms with Gasteiger partial charge in [0.25, 0.3) is 5.92 Å². The Morgan fingerprint density at radius 3 is 2.35 bits per heavy atom. The SMILES string of the molecule is CC(=O)NCC1CCN(Cc2cc(Oc3cnc(N4CC(N5CC(F)(F)C5)C4)nc3)nc(-c3cc(Cl)cc(Cl)c3)c2)CC1. The number of hydrogen-bond acceptors (Lipinski definition) is 8. The van der Waals surface area contributed by atoms with Gasteiger partial charge in [-0.05, 0) is 61.7 Å². The normalized spacial score (nSPS) is 19.5. The first-order chi connectivity index (χ1) is 20.6. The lowest BCUT2D eigenvalue weighted by Gasteiger charge is -2.51. The summed E-state index contributed by atoms with van der Waals surface area (Å²) in [4.78, 5) is 31.1. The van der Waals surface area contributed by atoms with Gasteiger partial charge in [0.1, 0.15) is 0 Å². The van der Waals surface area contributed by atoms with Crippen molar-refractivity contribution in [2.75, 3.05) is 50.7 Å². The number of hydrogen-bond donors (Lipinski definition) is 1. The molecule has 0 bridgehead atoms. The monoisotopic (exact) mass is 631 g/mol. The molecule has 0 spiro atoms. The van der Waals surface area contributed by atoms with Gasteiger partial charge in [-0.1, -0.05) is 23.2 Å². The van der Waals surface area contributed by atoms with E-state index in [2.05, 4.69) is 20.2 Å². The molecule has 0 radical (unpaired) electrons. The van der Waals surface area contributed by atoms with Crippen LogP contribution in [0.3, 0.4) is 0 Å². The largest absolute Gasteiger partial charge is 0.436 e. The van der Waals surface area contributed by atoms with E-state index in [9.17, 15) is 13.6 Å². The predicted molar refractivity (Wildman–Crippen MR) is 161 cm³/mol. The van der Waals surface area contributed by atoms with Crippen LogP contribution in [-0.4, -0.2) is 88.4 Å². The molecule has 1 aromatic carbocycles. The first-order valence-electron chi connectivity index (χ1n) is 14.4. The summed E-state index contributed by atoms with van der Waals surface area (Å²) in [6, 6.07) is 9.35. The molecule has 9 nitrogen and oxygen atoms in total. The molecule has 0 unspecified atom stereocenters. The van der Waals surface area contributed by atoms with Crippen LogP contribution in [0.15, 0.2) is 42.7 Å². The predicted octanol–water partition coefficient (Wildman–Crippen LogP) is 5.13. The van der Waals surface area contributed by atoms with Gasteiger partial charge in [-0.15, -0.1) is 0 Å². The van der Waals surface area contributed by atoms with E-state index in [0.29, 0.717) is 65.4 Å². The molecule has 0 aliphatic carbocycles. The topological polar surface area (TPSA) is 86.7 Å². The van der Waals surface area contributed by atoms with Gasteiger partial charge in [-0.2, -0.15) is 0 Å². The summed E-state index contributed by atoms with van der Waals surface area (Å²) in [5.41, 5.74) is 2.48. The molecule has 0 atom stereocenters. The Bertz CT molecular complexity index is 1440. The highest BCUT2D eigenvalue weighted by atomic mass is 35.5. The van der Waals surface area contributed by atoms with Crippen molar-refractivity contribution in [3.05, 3.63) is 58.3 Å². The standard InChI is InChI=1S/C30H33Cl2F2N7O2/c1-19(42)35-11-20-2-4-39(5-3-20)14-21-6-27(22-8-23(31)10-24(32)9-22)38-28(7-21)43-26-12-36-29(37-13-26)40-15-25(16-40)41-17-30(33,34)18-41/h6-10,12-13,20,25H,2-5,11,14-18H2,1H3,(H,35,42). The van der Waals surface area contributed by atoms with E-state index in [1.807, 2.05) is 29.2 Å². The molecule has 3 aliphatic heterocycles. The van der Waals surface area contributed by atoms with E-state index in [0.717, 1.165) is 37.1 Å². The number of aromatic nitrogens is 3. The molecule has 1 amide bonds. The number of ether oxygens (including phenoxy) is 1. The second-order valence-electron chi connectivity index (χ2n) is 11.7. The van der Waals surface area contributed by atoms with Crippen LogP contribution in [0, 0.1) is 5.92 Å². The number of pyridine rings is 1. The number of benzene rings is 1. The number of carbonyl (C=O) groups excluding carboxylic acids is 1. The first-order valence-corrected chi connectivity index (χ1v) is 15.2. The molecular formula is C30H33Cl2F2N7O2. The van der Waals surface area contributed by atoms with E-state index in [4.69, 9.17) is 32.9 Å². The number of nitrogens with one attached hydrogen (secondary N) is 1. The third-order valence-corrected chi connectivity index (χ3v) is 8.58. The number of alkyl halides is 2. The lowest BCUT2D eigenvalue weighted by Crippen LogP contribution is -2.69. The number of carbonyl (C=O) groups is 1. The summed E-state index contributed by atoms with van der Waals surface area (Å²) in [7, 11) is 0. The number of nitrogens with zero attached hydrogens (tertiary/aromatic N) is 6. The van der Waals surface area contributed by atoms with Crippen molar-refractivity contribution in [3.8, 4) is 22.9 Å². The lowest BCUT2D eigenvalue weighted by molar-refractivity contribution is -0.148. The number of anilines is 1. The van der Waals surface area contributed by atoms with Crippen LogP contribution in [0.2, 0.25) is 10.0 Å². The van der Waals surface area contributed by atoms with Crippen molar-refractivity contribution in [1.82, 2.24) is 30.1 Å². The minimum atomic E-state index is -2.56. The molecular weight excluding hydrogens is 599 g/mol. The van der Waals surface area contributed by atoms with E-state index in [-0.39, 0.29) is 25.0 Å². The van der Waals surface area contributed by atoms with Crippen LogP contribution in [0.1, 0.15) is 25.3 Å². The minimum absolute atomic E-state index is 0.00598. The molecule has 228 valence electrons. The first kappa shape index (κ1) is 29.9. The summed E-state index contributed by atoms with van der Waals surface area (Å²) in [6.45, 7) is 5.71. The van der Waals surface area contributed by atoms with Crippen LogP contribution in [-0.2, 0) is 11.3 Å². The van der Waals surface area contributed by atoms with E-state index in [1.54, 1.807) is 30.3 Å². The van der Waals surface area contributed by atoms with Crippen LogP contribution in [0.4, 0.5) is 14.7 Å². The molecule has 43 heavy (non-hydrogen) atoms. The maximum Gasteiger partial charge on any atom is 0.272 e. The molecule has 6 rings (SSSR count). The Morgan fingerprint density at radius 2 is 1.72 bits per heavy atom. The Morgan fingerprint density at radius 1 is 1.05 bits per heavy atom. The third-order valence-electron chi connectivity index (χ3n) is 8.14. The van der Waals surface area contributed by atoms with Crippen molar-refractivity contribution in [2.24, 2.45) is 5.92 Å². The van der Waals surface area contributed by atoms with Gasteiger partial charge < -0.3 is 15.0 Å². The van der Waals surface area contributed by atoms with Crippen LogP contribution < -0.4 is 15.0 Å². The Kier molecular flexibility index (Phi) is 8.68. The maximum atomic E-state index is 13.2. The number of rotatable bonds is 9. The Labute approximate surface area is 259 Å². The van der Waals surface area contributed by atoms with Crippen LogP contribution >= 0.6 is 23.2 Å². The zero-order valence-corrected chi connectivity index (χ0v) is 25.3. The fourth-order valence-electron chi connectivity index (χ4n) is 5.75. The second-order valence-corrected chi connectivity index (χ2v) is 12.5. The third kappa shape index (κ3) is 7.52. The summed E-state index contributed by atoms with van der Waals surface area (Å²) in [5.74, 6) is -0.720. The molecule has 3 aromatic rings. The van der Waals surface area contributed by atoms with E-state index >= 15 is 0 Å². The minimum Gasteiger partial charge on any atom is -0.436 e. The highest BCUT2D eigenvalue weighted by Crippen LogP contribution is 2.33. The van der Waals surface area contributed by atoms with Crippen LogP contribution in [0.5, 0.6) is 11.6 Å². The highest BCUT2D eigenvalue weighted by Gasteiger charge is 2.49. The van der Waals surface area contributed by atoms with Gasteiger partial charge in [-0.3, -0.25) is 14.6 Å². The highest BCUT2D eigenvalue weighted by molar-refractivity contribution is 6.35. The Hall–Kier alpha value is -3.12. The summed E-state index contributed by atoms with van der Waals surface area (Å²) in [5, 5.41) is 3.96. The number of amides is 1. The van der Waals surface area contributed by atoms with Gasteiger partial charge in [-0.25, -0.2) is 23.7 Å². The quantitative estimate of drug-likeness (QED) is 0.348. The zero-order valence-electron chi connectivity index (χ0n) is 23.8. The maximum absolute atomic E-state index is 13.2. The molecule has 3 saturated heterocycles. The van der Waals surface area contributed by atoms with Crippen LogP contribution in [0.25, 0.3) is 11.3 Å². The average molecular weight is 633 g/mol. The van der Waals surface area contributed by atoms with Gasteiger partial charge >= 0.3 is 0 Å². The van der Waals surface area contributed by atoms with Gasteiger partial charge in [0.15, 0.2) is 5.75 Å². The second kappa shape index (κ2) is 12.5. The lowest BCUT2D eigenvalue weighted by atomic mass is 9.96. The van der Waals surface area contributed by atoms with Gasteiger partial charge in [0.2, 0.25) is 17.7 Å². The molecule has 1 N–H and O–H groups in total. The zero-order chi connectivity index (χ0) is 30.1. The molecule has 0 saturated carbocycles. The number of piperidine rings is 1. The van der Waals surface area contributed by atoms with Crippen molar-refractivity contribution in [2.45, 2.75) is 38.3 Å².